The maximum atomic E-state index is 12.8. The molecule has 3 rings (SSSR count). The molecule has 0 spiro atoms. The number of benzene rings is 1. The number of anilines is 1. The van der Waals surface area contributed by atoms with Crippen molar-refractivity contribution >= 4 is 34.3 Å². The second-order valence-corrected chi connectivity index (χ2v) is 8.69. The quantitative estimate of drug-likeness (QED) is 0.374. The highest BCUT2D eigenvalue weighted by Crippen LogP contribution is 2.40. The van der Waals surface area contributed by atoms with E-state index in [0.717, 1.165) is 41.9 Å². The van der Waals surface area contributed by atoms with Gasteiger partial charge in [0.2, 0.25) is 0 Å². The Hall–Kier alpha value is -3.11. The van der Waals surface area contributed by atoms with E-state index in [4.69, 9.17) is 9.47 Å². The lowest BCUT2D eigenvalue weighted by atomic mass is 9.88. The van der Waals surface area contributed by atoms with Crippen molar-refractivity contribution in [2.75, 3.05) is 19.0 Å². The first kappa shape index (κ1) is 22.6. The van der Waals surface area contributed by atoms with Crippen LogP contribution in [0.15, 0.2) is 29.8 Å². The molecule has 1 aromatic carbocycles. The average Bonchev–Trinajstić information content (AvgIpc) is 3.12. The molecule has 0 bridgehead atoms. The molecule has 1 atom stereocenters. The maximum Gasteiger partial charge on any atom is 0.341 e. The van der Waals surface area contributed by atoms with Gasteiger partial charge in [0.25, 0.3) is 5.91 Å². The Balaban J connectivity index is 1.83. The van der Waals surface area contributed by atoms with Gasteiger partial charge < -0.3 is 14.8 Å². The van der Waals surface area contributed by atoms with Crippen molar-refractivity contribution in [2.24, 2.45) is 5.92 Å². The molecule has 1 unspecified atom stereocenters. The van der Waals surface area contributed by atoms with E-state index in [1.165, 1.54) is 24.5 Å². The molecular weight excluding hydrogens is 412 g/mol. The number of esters is 1. The first-order valence-corrected chi connectivity index (χ1v) is 11.2. The summed E-state index contributed by atoms with van der Waals surface area (Å²) in [6, 6.07) is 9.15. The topological polar surface area (TPSA) is 88.4 Å². The van der Waals surface area contributed by atoms with E-state index in [0.29, 0.717) is 28.7 Å². The number of nitrogens with one attached hydrogen (secondary N) is 1. The van der Waals surface area contributed by atoms with E-state index < -0.39 is 11.9 Å². The third-order valence-electron chi connectivity index (χ3n) is 5.16. The first-order valence-electron chi connectivity index (χ1n) is 10.4. The van der Waals surface area contributed by atoms with Crippen molar-refractivity contribution in [3.63, 3.8) is 0 Å². The summed E-state index contributed by atoms with van der Waals surface area (Å²) in [6.45, 7) is 4.84. The van der Waals surface area contributed by atoms with Crippen LogP contribution >= 0.6 is 11.3 Å². The van der Waals surface area contributed by atoms with E-state index in [-0.39, 0.29) is 5.57 Å². The molecule has 0 aliphatic heterocycles. The van der Waals surface area contributed by atoms with E-state index in [9.17, 15) is 14.9 Å². The lowest BCUT2D eigenvalue weighted by Crippen LogP contribution is -2.16. The smallest absolute Gasteiger partial charge is 0.341 e. The number of carbonyl (C=O) groups excluding carboxylic acids is 2. The number of hydrogen-bond acceptors (Lipinski definition) is 6. The van der Waals surface area contributed by atoms with Gasteiger partial charge in [0, 0.05) is 4.88 Å². The second kappa shape index (κ2) is 10.3. The van der Waals surface area contributed by atoms with Crippen molar-refractivity contribution in [3.05, 3.63) is 51.4 Å². The lowest BCUT2D eigenvalue weighted by Gasteiger charge is -2.18. The highest BCUT2D eigenvalue weighted by Gasteiger charge is 2.29. The minimum absolute atomic E-state index is 0.0437. The minimum Gasteiger partial charge on any atom is -0.494 e. The molecule has 1 amide bonds. The lowest BCUT2D eigenvalue weighted by molar-refractivity contribution is -0.112. The van der Waals surface area contributed by atoms with Gasteiger partial charge in [-0.05, 0) is 60.9 Å². The Bertz CT molecular complexity index is 1030. The van der Waals surface area contributed by atoms with Gasteiger partial charge >= 0.3 is 5.97 Å². The van der Waals surface area contributed by atoms with Gasteiger partial charge in [0.1, 0.15) is 22.4 Å². The van der Waals surface area contributed by atoms with E-state index >= 15 is 0 Å². The Morgan fingerprint density at radius 2 is 2.06 bits per heavy atom. The SMILES string of the molecule is CCCOc1ccc(C=C(C#N)C(=O)Nc2sc3c(c2C(=O)OC)CCC(C)C3)cc1. The zero-order valence-electron chi connectivity index (χ0n) is 18.0. The molecule has 0 fully saturated rings. The molecule has 0 radical (unpaired) electrons. The molecule has 1 aliphatic rings. The van der Waals surface area contributed by atoms with Crippen LogP contribution in [0, 0.1) is 17.2 Å². The first-order chi connectivity index (χ1) is 15.0. The monoisotopic (exact) mass is 438 g/mol. The number of amides is 1. The molecule has 162 valence electrons. The van der Waals surface area contributed by atoms with Crippen molar-refractivity contribution < 1.29 is 19.1 Å². The van der Waals surface area contributed by atoms with E-state index in [1.807, 2.05) is 13.0 Å². The van der Waals surface area contributed by atoms with Gasteiger partial charge in [0.15, 0.2) is 0 Å². The normalized spacial score (nSPS) is 15.5. The number of carbonyl (C=O) groups is 2. The van der Waals surface area contributed by atoms with Crippen LogP contribution in [-0.2, 0) is 22.4 Å². The van der Waals surface area contributed by atoms with Crippen LogP contribution in [0.4, 0.5) is 5.00 Å². The zero-order chi connectivity index (χ0) is 22.4. The third kappa shape index (κ3) is 5.33. The Kier molecular flexibility index (Phi) is 7.48. The molecule has 1 heterocycles. The fourth-order valence-corrected chi connectivity index (χ4v) is 4.92. The summed E-state index contributed by atoms with van der Waals surface area (Å²) in [5.74, 6) is 0.250. The van der Waals surface area contributed by atoms with Crippen LogP contribution in [0.1, 0.15) is 53.1 Å². The van der Waals surface area contributed by atoms with Gasteiger partial charge in [-0.2, -0.15) is 5.26 Å². The number of thiophene rings is 1. The molecule has 7 heteroatoms. The Labute approximate surface area is 186 Å². The van der Waals surface area contributed by atoms with Crippen molar-refractivity contribution in [2.45, 2.75) is 39.5 Å². The fraction of sp³-hybridized carbons (Fsp3) is 0.375. The summed E-state index contributed by atoms with van der Waals surface area (Å²) in [7, 11) is 1.33. The second-order valence-electron chi connectivity index (χ2n) is 7.59. The van der Waals surface area contributed by atoms with Crippen LogP contribution in [0.25, 0.3) is 6.08 Å². The van der Waals surface area contributed by atoms with Crippen molar-refractivity contribution in [3.8, 4) is 11.8 Å². The molecular formula is C24H26N2O4S. The summed E-state index contributed by atoms with van der Waals surface area (Å²) in [5, 5.41) is 12.8. The van der Waals surface area contributed by atoms with Crippen molar-refractivity contribution in [1.29, 1.82) is 5.26 Å². The number of nitriles is 1. The molecule has 0 saturated carbocycles. The van der Waals surface area contributed by atoms with Gasteiger partial charge in [0.05, 0.1) is 19.3 Å². The van der Waals surface area contributed by atoms with Crippen LogP contribution in [-0.4, -0.2) is 25.6 Å². The largest absolute Gasteiger partial charge is 0.494 e. The summed E-state index contributed by atoms with van der Waals surface area (Å²) in [6.07, 6.45) is 5.07. The molecule has 2 aromatic rings. The number of rotatable bonds is 7. The summed E-state index contributed by atoms with van der Waals surface area (Å²) in [5.41, 5.74) is 2.04. The van der Waals surface area contributed by atoms with E-state index in [1.54, 1.807) is 24.3 Å². The minimum atomic E-state index is -0.550. The Morgan fingerprint density at radius 1 is 1.32 bits per heavy atom. The van der Waals surface area contributed by atoms with Gasteiger partial charge in [-0.1, -0.05) is 26.0 Å². The standard InChI is InChI=1S/C24H26N2O4S/c1-4-11-30-18-8-6-16(7-9-18)13-17(14-25)22(27)26-23-21(24(28)29-3)19-10-5-15(2)12-20(19)31-23/h6-9,13,15H,4-5,10-12H2,1-3H3,(H,26,27). The molecule has 1 N–H and O–H groups in total. The zero-order valence-corrected chi connectivity index (χ0v) is 18.8. The number of methoxy groups -OCH3 is 1. The average molecular weight is 439 g/mol. The molecule has 6 nitrogen and oxygen atoms in total. The molecule has 31 heavy (non-hydrogen) atoms. The predicted molar refractivity (Wildman–Crippen MR) is 121 cm³/mol. The summed E-state index contributed by atoms with van der Waals surface area (Å²) >= 11 is 1.40. The summed E-state index contributed by atoms with van der Waals surface area (Å²) < 4.78 is 10.5. The highest BCUT2D eigenvalue weighted by molar-refractivity contribution is 7.17. The van der Waals surface area contributed by atoms with Crippen molar-refractivity contribution in [1.82, 2.24) is 0 Å². The van der Waals surface area contributed by atoms with Crippen LogP contribution in [0.3, 0.4) is 0 Å². The predicted octanol–water partition coefficient (Wildman–Crippen LogP) is 4.99. The van der Waals surface area contributed by atoms with Gasteiger partial charge in [-0.25, -0.2) is 4.79 Å². The number of nitrogens with zero attached hydrogens (tertiary/aromatic N) is 1. The highest BCUT2D eigenvalue weighted by atomic mass is 32.1. The Morgan fingerprint density at radius 3 is 2.71 bits per heavy atom. The van der Waals surface area contributed by atoms with Crippen LogP contribution < -0.4 is 10.1 Å². The third-order valence-corrected chi connectivity index (χ3v) is 6.33. The number of ether oxygens (including phenoxy) is 2. The molecule has 0 saturated heterocycles. The summed E-state index contributed by atoms with van der Waals surface area (Å²) in [4.78, 5) is 26.3. The van der Waals surface area contributed by atoms with Crippen LogP contribution in [0.5, 0.6) is 5.75 Å². The van der Waals surface area contributed by atoms with Gasteiger partial charge in [-0.15, -0.1) is 11.3 Å². The fourth-order valence-electron chi connectivity index (χ4n) is 3.52. The number of fused-ring (bicyclic) bond motifs is 1. The molecule has 1 aliphatic carbocycles. The van der Waals surface area contributed by atoms with Crippen LogP contribution in [0.2, 0.25) is 0 Å². The van der Waals surface area contributed by atoms with E-state index in [2.05, 4.69) is 12.2 Å². The molecule has 1 aromatic heterocycles. The maximum absolute atomic E-state index is 12.8. The number of hydrogen-bond donors (Lipinski definition) is 1. The van der Waals surface area contributed by atoms with Gasteiger partial charge in [-0.3, -0.25) is 4.79 Å².